The van der Waals surface area contributed by atoms with Gasteiger partial charge in [0.2, 0.25) is 12.0 Å². The standard InChI is InChI=1S/C3H3F3O2.C3H4F2O2.C3H3FO2.C3H4O2.CH4.F2.FH.HI.H2/c4-1(2(5)6)3(7)8;4-1-2(5)3(6)7;1-2(4)3(5)6;1-2-3(4)5;;1-2;;;/h1-2H,(H,7,8);2H,1H2,(H,6,7);1H2,(H,5,6);2H,1H2,(H,4,5);1H4;;3*1H. The van der Waals surface area contributed by atoms with Gasteiger partial charge in [-0.15, -0.1) is 24.0 Å². The Hall–Kier alpha value is -2.54. The molecule has 0 rings (SSSR count). The topological polar surface area (TPSA) is 149 Å². The zero-order valence-electron chi connectivity index (χ0n) is 14.2. The van der Waals surface area contributed by atoms with Crippen LogP contribution in [0.2, 0.25) is 0 Å². The molecule has 8 nitrogen and oxygen atoms in total. The number of halogens is 10. The zero-order valence-corrected chi connectivity index (χ0v) is 16.5. The third-order valence-corrected chi connectivity index (χ3v) is 1.27. The van der Waals surface area contributed by atoms with Crippen molar-refractivity contribution in [2.75, 3.05) is 6.67 Å². The highest BCUT2D eigenvalue weighted by molar-refractivity contribution is 14.0. The van der Waals surface area contributed by atoms with E-state index in [-0.39, 0.29) is 37.5 Å². The van der Waals surface area contributed by atoms with Crippen molar-refractivity contribution in [1.29, 1.82) is 0 Å². The van der Waals surface area contributed by atoms with Gasteiger partial charge in [-0.25, -0.2) is 41.1 Å². The molecule has 192 valence electrons. The summed E-state index contributed by atoms with van der Waals surface area (Å²) >= 11 is 0. The lowest BCUT2D eigenvalue weighted by atomic mass is 10.4. The number of rotatable bonds is 6. The first-order valence-corrected chi connectivity index (χ1v) is 5.80. The van der Waals surface area contributed by atoms with Crippen LogP contribution in [0.3, 0.4) is 0 Å². The molecule has 0 saturated carbocycles. The van der Waals surface area contributed by atoms with Gasteiger partial charge in [-0.1, -0.05) is 20.6 Å². The molecule has 2 atom stereocenters. The summed E-state index contributed by atoms with van der Waals surface area (Å²) in [7, 11) is 0. The molecule has 0 bridgehead atoms. The van der Waals surface area contributed by atoms with Crippen LogP contribution in [0, 0.1) is 0 Å². The van der Waals surface area contributed by atoms with E-state index in [0.717, 1.165) is 6.08 Å². The smallest absolute Gasteiger partial charge is 0.364 e. The van der Waals surface area contributed by atoms with Gasteiger partial charge in [0.15, 0.2) is 0 Å². The van der Waals surface area contributed by atoms with Crippen molar-refractivity contribution in [3.8, 4) is 0 Å². The Morgan fingerprint density at radius 2 is 1.19 bits per heavy atom. The van der Waals surface area contributed by atoms with Crippen LogP contribution in [-0.4, -0.2) is 69.7 Å². The van der Waals surface area contributed by atoms with Gasteiger partial charge in [0.05, 0.1) is 0 Å². The average Bonchev–Trinajstić information content (AvgIpc) is 2.62. The molecule has 0 aromatic carbocycles. The minimum absolute atomic E-state index is 0. The highest BCUT2D eigenvalue weighted by Gasteiger charge is 2.26. The van der Waals surface area contributed by atoms with Crippen molar-refractivity contribution >= 4 is 47.9 Å². The van der Waals surface area contributed by atoms with Crippen molar-refractivity contribution in [2.24, 2.45) is 0 Å². The van der Waals surface area contributed by atoms with E-state index in [1.807, 2.05) is 0 Å². The minimum Gasteiger partial charge on any atom is -0.479 e. The Morgan fingerprint density at radius 1 is 0.935 bits per heavy atom. The third kappa shape index (κ3) is 58.4. The van der Waals surface area contributed by atoms with Crippen molar-refractivity contribution in [2.45, 2.75) is 26.2 Å². The van der Waals surface area contributed by atoms with E-state index >= 15 is 0 Å². The molecule has 0 radical (unpaired) electrons. The molecular weight excluding hydrogens is 582 g/mol. The molecule has 18 heteroatoms. The van der Waals surface area contributed by atoms with Crippen LogP contribution < -0.4 is 0 Å². The second-order valence-electron chi connectivity index (χ2n) is 3.29. The minimum atomic E-state index is -3.42. The van der Waals surface area contributed by atoms with Crippen molar-refractivity contribution in [3.63, 3.8) is 0 Å². The lowest BCUT2D eigenvalue weighted by Crippen LogP contribution is -2.22. The molecule has 0 aromatic heterocycles. The van der Waals surface area contributed by atoms with E-state index in [1.165, 1.54) is 0 Å². The molecule has 0 aliphatic rings. The molecule has 0 saturated heterocycles. The summed E-state index contributed by atoms with van der Waals surface area (Å²) < 4.78 is 82.3. The molecule has 0 amide bonds. The first kappa shape index (κ1) is 51.3. The maximum atomic E-state index is 11.3. The van der Waals surface area contributed by atoms with E-state index < -0.39 is 55.1 Å². The Balaban J connectivity index is -0.0000000298. The molecule has 0 heterocycles. The Labute approximate surface area is 187 Å². The molecule has 0 aliphatic carbocycles. The van der Waals surface area contributed by atoms with Crippen LogP contribution >= 0.6 is 24.0 Å². The van der Waals surface area contributed by atoms with Gasteiger partial charge in [-0.3, -0.25) is 4.70 Å². The largest absolute Gasteiger partial charge is 0.479 e. The van der Waals surface area contributed by atoms with Gasteiger partial charge in [0, 0.05) is 16.7 Å². The number of alkyl halides is 5. The number of hydrogen-bond donors (Lipinski definition) is 4. The van der Waals surface area contributed by atoms with Gasteiger partial charge in [0.1, 0.15) is 6.67 Å². The van der Waals surface area contributed by atoms with Crippen LogP contribution in [0.4, 0.5) is 40.2 Å². The fourth-order valence-corrected chi connectivity index (χ4v) is 0.174. The highest BCUT2D eigenvalue weighted by atomic mass is 127. The monoisotopic (exact) mass is 604 g/mol. The second-order valence-corrected chi connectivity index (χ2v) is 3.29. The predicted molar refractivity (Wildman–Crippen MR) is 102 cm³/mol. The predicted octanol–water partition coefficient (Wildman–Crippen LogP) is 4.36. The fourth-order valence-electron chi connectivity index (χ4n) is 0.174. The maximum Gasteiger partial charge on any atom is 0.364 e. The molecule has 0 fully saturated rings. The number of carboxylic acid groups (broad SMARTS) is 4. The first-order chi connectivity index (χ1) is 12.6. The SMILES string of the molecule is C.C=C(F)C(=O)O.C=CC(=O)O.F.FF.I.O=C(O)C(F)C(F)F.O=C(O)C(F)CF.[HH]. The first-order valence-electron chi connectivity index (χ1n) is 5.80. The lowest BCUT2D eigenvalue weighted by Gasteiger charge is -1.96. The lowest BCUT2D eigenvalue weighted by molar-refractivity contribution is -0.148. The molecule has 2 unspecified atom stereocenters. The Bertz CT molecular complexity index is 490. The van der Waals surface area contributed by atoms with Crippen molar-refractivity contribution in [3.05, 3.63) is 25.1 Å². The Kier molecular flexibility index (Phi) is 57.8. The number of aliphatic carboxylic acids is 4. The summed E-state index contributed by atoms with van der Waals surface area (Å²) in [6.07, 6.45) is -7.98. The van der Waals surface area contributed by atoms with E-state index in [9.17, 15) is 45.5 Å². The van der Waals surface area contributed by atoms with Crippen molar-refractivity contribution in [1.82, 2.24) is 0 Å². The summed E-state index contributed by atoms with van der Waals surface area (Å²) in [5.74, 6) is -7.78. The van der Waals surface area contributed by atoms with Gasteiger partial charge in [-0.2, -0.15) is 4.39 Å². The fraction of sp³-hybridized carbons (Fsp3) is 0.385. The summed E-state index contributed by atoms with van der Waals surface area (Å²) in [6.45, 7) is 4.00. The van der Waals surface area contributed by atoms with Gasteiger partial charge >= 0.3 is 23.9 Å². The molecule has 4 N–H and O–H groups in total. The third-order valence-electron chi connectivity index (χ3n) is 1.27. The summed E-state index contributed by atoms with van der Waals surface area (Å²) in [5.41, 5.74) is 0. The zero-order chi connectivity index (χ0) is 24.0. The van der Waals surface area contributed by atoms with E-state index in [2.05, 4.69) is 13.2 Å². The molecular formula is C13H22F9IO8. The molecule has 0 aliphatic heterocycles. The van der Waals surface area contributed by atoms with E-state index in [4.69, 9.17) is 29.6 Å². The Morgan fingerprint density at radius 3 is 1.19 bits per heavy atom. The molecule has 0 aromatic rings. The molecule has 31 heavy (non-hydrogen) atoms. The van der Waals surface area contributed by atoms with Crippen LogP contribution in [-0.2, 0) is 19.2 Å². The summed E-state index contributed by atoms with van der Waals surface area (Å²) in [6, 6.07) is 0. The highest BCUT2D eigenvalue weighted by Crippen LogP contribution is 2.03. The normalized spacial score (nSPS) is 9.32. The quantitative estimate of drug-likeness (QED) is 0.199. The number of carbonyl (C=O) groups is 4. The van der Waals surface area contributed by atoms with Crippen LogP contribution in [0.5, 0.6) is 0 Å². The number of carboxylic acids is 4. The van der Waals surface area contributed by atoms with Gasteiger partial charge < -0.3 is 20.4 Å². The number of hydrogen-bond acceptors (Lipinski definition) is 4. The van der Waals surface area contributed by atoms with Gasteiger partial charge in [0.25, 0.3) is 12.6 Å². The van der Waals surface area contributed by atoms with Crippen LogP contribution in [0.1, 0.15) is 8.85 Å². The van der Waals surface area contributed by atoms with E-state index in [1.54, 1.807) is 0 Å². The van der Waals surface area contributed by atoms with E-state index in [0.29, 0.717) is 0 Å². The van der Waals surface area contributed by atoms with Gasteiger partial charge in [-0.05, 0) is 0 Å². The van der Waals surface area contributed by atoms with Crippen LogP contribution in [0.25, 0.3) is 0 Å². The van der Waals surface area contributed by atoms with Crippen molar-refractivity contribution < 1.29 is 81.2 Å². The average molecular weight is 604 g/mol. The van der Waals surface area contributed by atoms with Crippen LogP contribution in [0.15, 0.2) is 25.1 Å². The summed E-state index contributed by atoms with van der Waals surface area (Å²) in [5, 5.41) is 30.2. The summed E-state index contributed by atoms with van der Waals surface area (Å²) in [4.78, 5) is 37.1. The second kappa shape index (κ2) is 34.9. The maximum absolute atomic E-state index is 11.3. The molecule has 0 spiro atoms.